The Morgan fingerprint density at radius 2 is 1.84 bits per heavy atom. The van der Waals surface area contributed by atoms with Crippen LogP contribution in [0.5, 0.6) is 5.75 Å². The second-order valence-corrected chi connectivity index (χ2v) is 7.64. The van der Waals surface area contributed by atoms with Crippen molar-refractivity contribution in [3.8, 4) is 11.8 Å². The van der Waals surface area contributed by atoms with Gasteiger partial charge in [-0.05, 0) is 59.7 Å². The molecule has 0 aliphatic carbocycles. The van der Waals surface area contributed by atoms with Crippen molar-refractivity contribution in [2.75, 3.05) is 0 Å². The fourth-order valence-corrected chi connectivity index (χ4v) is 3.53. The number of aromatic nitrogens is 2. The molecule has 0 aliphatic rings. The van der Waals surface area contributed by atoms with Crippen LogP contribution in [0.3, 0.4) is 0 Å². The number of ether oxygens (including phenoxy) is 1. The molecular formula is C26H16ClN3O2. The van der Waals surface area contributed by atoms with E-state index in [0.29, 0.717) is 22.7 Å². The van der Waals surface area contributed by atoms with E-state index in [9.17, 15) is 0 Å². The van der Waals surface area contributed by atoms with Crippen molar-refractivity contribution in [2.45, 2.75) is 6.61 Å². The average molecular weight is 438 g/mol. The second kappa shape index (κ2) is 8.54. The van der Waals surface area contributed by atoms with E-state index in [1.807, 2.05) is 91.0 Å². The molecule has 0 bridgehead atoms. The molecule has 0 atom stereocenters. The summed E-state index contributed by atoms with van der Waals surface area (Å²) in [6.07, 6.45) is 3.96. The SMILES string of the molecule is N#Cc1nc2ccc(COc3cccc(/C=C/c4ccc5ccc(Cl)cc5n4)c3)cc2o1. The summed E-state index contributed by atoms with van der Waals surface area (Å²) in [6.45, 7) is 0.374. The van der Waals surface area contributed by atoms with E-state index in [1.54, 1.807) is 0 Å². The molecule has 5 rings (SSSR count). The van der Waals surface area contributed by atoms with Gasteiger partial charge in [-0.3, -0.25) is 0 Å². The quantitative estimate of drug-likeness (QED) is 0.307. The molecule has 0 spiro atoms. The molecule has 0 aliphatic heterocycles. The topological polar surface area (TPSA) is 71.9 Å². The maximum atomic E-state index is 8.91. The monoisotopic (exact) mass is 437 g/mol. The highest BCUT2D eigenvalue weighted by Gasteiger charge is 2.06. The minimum absolute atomic E-state index is 0.0570. The lowest BCUT2D eigenvalue weighted by molar-refractivity contribution is 0.306. The number of halogens is 1. The second-order valence-electron chi connectivity index (χ2n) is 7.20. The lowest BCUT2D eigenvalue weighted by atomic mass is 10.1. The van der Waals surface area contributed by atoms with Crippen molar-refractivity contribution in [2.24, 2.45) is 0 Å². The molecule has 154 valence electrons. The van der Waals surface area contributed by atoms with Crippen LogP contribution in [0.2, 0.25) is 5.02 Å². The Balaban J connectivity index is 1.29. The van der Waals surface area contributed by atoms with Crippen molar-refractivity contribution in [3.63, 3.8) is 0 Å². The highest BCUT2D eigenvalue weighted by Crippen LogP contribution is 2.21. The van der Waals surface area contributed by atoms with Gasteiger partial charge in [-0.15, -0.1) is 0 Å². The van der Waals surface area contributed by atoms with E-state index in [1.165, 1.54) is 0 Å². The molecule has 6 heteroatoms. The molecular weight excluding hydrogens is 422 g/mol. The van der Waals surface area contributed by atoms with Crippen LogP contribution in [0, 0.1) is 11.3 Å². The van der Waals surface area contributed by atoms with Gasteiger partial charge in [-0.1, -0.05) is 48.0 Å². The van der Waals surface area contributed by atoms with Gasteiger partial charge in [0.2, 0.25) is 0 Å². The molecule has 2 aromatic heterocycles. The third-order valence-electron chi connectivity index (χ3n) is 4.93. The summed E-state index contributed by atoms with van der Waals surface area (Å²) in [4.78, 5) is 8.73. The minimum Gasteiger partial charge on any atom is -0.489 e. The summed E-state index contributed by atoms with van der Waals surface area (Å²) in [7, 11) is 0. The fourth-order valence-electron chi connectivity index (χ4n) is 3.36. The number of nitriles is 1. The van der Waals surface area contributed by atoms with Crippen molar-refractivity contribution in [3.05, 3.63) is 101 Å². The molecule has 0 fully saturated rings. The Bertz CT molecular complexity index is 1520. The average Bonchev–Trinajstić information content (AvgIpc) is 3.24. The summed E-state index contributed by atoms with van der Waals surface area (Å²) < 4.78 is 11.3. The maximum Gasteiger partial charge on any atom is 0.301 e. The van der Waals surface area contributed by atoms with E-state index in [2.05, 4.69) is 9.97 Å². The number of rotatable bonds is 5. The first-order valence-corrected chi connectivity index (χ1v) is 10.3. The van der Waals surface area contributed by atoms with Crippen LogP contribution in [-0.2, 0) is 6.61 Å². The fraction of sp³-hybridized carbons (Fsp3) is 0.0385. The largest absolute Gasteiger partial charge is 0.489 e. The Morgan fingerprint density at radius 1 is 0.938 bits per heavy atom. The van der Waals surface area contributed by atoms with Crippen molar-refractivity contribution in [1.29, 1.82) is 5.26 Å². The maximum absolute atomic E-state index is 8.91. The zero-order valence-electron chi connectivity index (χ0n) is 16.8. The van der Waals surface area contributed by atoms with Crippen LogP contribution in [-0.4, -0.2) is 9.97 Å². The highest BCUT2D eigenvalue weighted by atomic mass is 35.5. The number of nitrogens with zero attached hydrogens (tertiary/aromatic N) is 3. The standard InChI is InChI=1S/C26H16ClN3O2/c27-20-8-6-19-7-10-21(29-24(19)14-20)9-4-17-2-1-3-22(12-17)31-16-18-5-11-23-25(13-18)32-26(15-28)30-23/h1-14H,16H2/b9-4+. The summed E-state index contributed by atoms with van der Waals surface area (Å²) in [5.74, 6) is 0.808. The minimum atomic E-state index is 0.0570. The van der Waals surface area contributed by atoms with Crippen LogP contribution in [0.4, 0.5) is 0 Å². The molecule has 5 nitrogen and oxygen atoms in total. The van der Waals surface area contributed by atoms with Gasteiger partial charge in [0.1, 0.15) is 17.9 Å². The molecule has 2 heterocycles. The highest BCUT2D eigenvalue weighted by molar-refractivity contribution is 6.31. The number of pyridine rings is 1. The molecule has 0 unspecified atom stereocenters. The van der Waals surface area contributed by atoms with Crippen molar-refractivity contribution >= 4 is 45.8 Å². The van der Waals surface area contributed by atoms with Gasteiger partial charge in [0.15, 0.2) is 11.7 Å². The predicted molar refractivity (Wildman–Crippen MR) is 125 cm³/mol. The number of oxazole rings is 1. The first-order chi connectivity index (χ1) is 15.7. The Morgan fingerprint density at radius 3 is 2.75 bits per heavy atom. The van der Waals surface area contributed by atoms with Gasteiger partial charge in [0.25, 0.3) is 0 Å². The lowest BCUT2D eigenvalue weighted by Crippen LogP contribution is -1.95. The van der Waals surface area contributed by atoms with E-state index in [0.717, 1.165) is 33.5 Å². The predicted octanol–water partition coefficient (Wildman–Crippen LogP) is 6.65. The van der Waals surface area contributed by atoms with Crippen LogP contribution >= 0.6 is 11.6 Å². The van der Waals surface area contributed by atoms with Crippen LogP contribution in [0.1, 0.15) is 22.7 Å². The Labute approximate surface area is 189 Å². The number of hydrogen-bond donors (Lipinski definition) is 0. The molecule has 0 saturated heterocycles. The molecule has 3 aromatic carbocycles. The van der Waals surface area contributed by atoms with Crippen molar-refractivity contribution in [1.82, 2.24) is 9.97 Å². The number of benzene rings is 3. The van der Waals surface area contributed by atoms with Gasteiger partial charge >= 0.3 is 5.89 Å². The molecule has 0 radical (unpaired) electrons. The summed E-state index contributed by atoms with van der Waals surface area (Å²) in [5, 5.41) is 10.6. The Kier molecular flexibility index (Phi) is 5.29. The molecule has 0 N–H and O–H groups in total. The third-order valence-corrected chi connectivity index (χ3v) is 5.17. The number of hydrogen-bond acceptors (Lipinski definition) is 5. The first kappa shape index (κ1) is 19.8. The van der Waals surface area contributed by atoms with Crippen LogP contribution in [0.25, 0.3) is 34.2 Å². The molecule has 5 aromatic rings. The van der Waals surface area contributed by atoms with E-state index in [4.69, 9.17) is 26.0 Å². The van der Waals surface area contributed by atoms with Gasteiger partial charge < -0.3 is 9.15 Å². The zero-order valence-corrected chi connectivity index (χ0v) is 17.6. The molecule has 0 saturated carbocycles. The first-order valence-electron chi connectivity index (χ1n) is 9.93. The zero-order chi connectivity index (χ0) is 21.9. The summed E-state index contributed by atoms with van der Waals surface area (Å²) >= 11 is 6.08. The van der Waals surface area contributed by atoms with Gasteiger partial charge in [0.05, 0.1) is 11.2 Å². The molecule has 32 heavy (non-hydrogen) atoms. The van der Waals surface area contributed by atoms with Crippen LogP contribution in [0.15, 0.2) is 77.2 Å². The van der Waals surface area contributed by atoms with E-state index in [-0.39, 0.29) is 5.89 Å². The lowest BCUT2D eigenvalue weighted by Gasteiger charge is -2.07. The third kappa shape index (κ3) is 4.31. The smallest absolute Gasteiger partial charge is 0.301 e. The number of fused-ring (bicyclic) bond motifs is 2. The summed E-state index contributed by atoms with van der Waals surface area (Å²) in [6, 6.07) is 25.0. The molecule has 0 amide bonds. The van der Waals surface area contributed by atoms with E-state index >= 15 is 0 Å². The van der Waals surface area contributed by atoms with Gasteiger partial charge in [-0.2, -0.15) is 10.2 Å². The van der Waals surface area contributed by atoms with Gasteiger partial charge in [-0.25, -0.2) is 4.98 Å². The van der Waals surface area contributed by atoms with E-state index < -0.39 is 0 Å². The normalized spacial score (nSPS) is 11.2. The van der Waals surface area contributed by atoms with Crippen LogP contribution < -0.4 is 4.74 Å². The van der Waals surface area contributed by atoms with Crippen molar-refractivity contribution < 1.29 is 9.15 Å². The van der Waals surface area contributed by atoms with Gasteiger partial charge in [0, 0.05) is 10.4 Å². The summed E-state index contributed by atoms with van der Waals surface area (Å²) in [5.41, 5.74) is 4.87. The Hall–Kier alpha value is -4.14.